The van der Waals surface area contributed by atoms with E-state index in [0.29, 0.717) is 17.0 Å². The molecule has 0 aliphatic carbocycles. The number of benzene rings is 1. The van der Waals surface area contributed by atoms with Crippen LogP contribution in [0.25, 0.3) is 10.2 Å². The molecule has 1 fully saturated rings. The summed E-state index contributed by atoms with van der Waals surface area (Å²) in [5.74, 6) is 0.707. The number of thioether (sulfide) groups is 1. The Morgan fingerprint density at radius 3 is 2.72 bits per heavy atom. The maximum absolute atomic E-state index is 12.9. The second-order valence-electron chi connectivity index (χ2n) is 8.12. The SMILES string of the molecule is Cc1ccc(NC(=O)C2CSCN2C(=O)CCn2cnc3sc(C)c(C)c3c2=O)cc1C. The molecular formula is C23H26N4O3S2. The van der Waals surface area contributed by atoms with E-state index in [1.54, 1.807) is 16.7 Å². The van der Waals surface area contributed by atoms with Gasteiger partial charge in [0.15, 0.2) is 0 Å². The lowest BCUT2D eigenvalue weighted by atomic mass is 10.1. The van der Waals surface area contributed by atoms with Crippen molar-refractivity contribution in [2.75, 3.05) is 16.9 Å². The van der Waals surface area contributed by atoms with E-state index in [-0.39, 0.29) is 30.3 Å². The first-order valence-corrected chi connectivity index (χ1v) is 12.4. The number of nitrogens with one attached hydrogen (secondary N) is 1. The maximum Gasteiger partial charge on any atom is 0.262 e. The number of aromatic nitrogens is 2. The van der Waals surface area contributed by atoms with Crippen LogP contribution in [0.15, 0.2) is 29.3 Å². The Kier molecular flexibility index (Phi) is 6.39. The van der Waals surface area contributed by atoms with Crippen molar-refractivity contribution in [1.82, 2.24) is 14.5 Å². The lowest BCUT2D eigenvalue weighted by Crippen LogP contribution is -2.44. The first kappa shape index (κ1) is 22.5. The normalized spacial score (nSPS) is 16.0. The van der Waals surface area contributed by atoms with Crippen LogP contribution < -0.4 is 10.9 Å². The first-order chi connectivity index (χ1) is 15.3. The van der Waals surface area contributed by atoms with E-state index in [0.717, 1.165) is 32.1 Å². The van der Waals surface area contributed by atoms with Crippen LogP contribution in [0.3, 0.4) is 0 Å². The summed E-state index contributed by atoms with van der Waals surface area (Å²) in [6.07, 6.45) is 1.65. The summed E-state index contributed by atoms with van der Waals surface area (Å²) in [7, 11) is 0. The summed E-state index contributed by atoms with van der Waals surface area (Å²) < 4.78 is 1.49. The molecule has 3 aromatic rings. The molecule has 9 heteroatoms. The fourth-order valence-corrected chi connectivity index (χ4v) is 5.91. The van der Waals surface area contributed by atoms with E-state index in [4.69, 9.17) is 0 Å². The highest BCUT2D eigenvalue weighted by molar-refractivity contribution is 7.99. The molecule has 32 heavy (non-hydrogen) atoms. The van der Waals surface area contributed by atoms with E-state index in [9.17, 15) is 14.4 Å². The van der Waals surface area contributed by atoms with E-state index in [1.165, 1.54) is 22.2 Å². The van der Waals surface area contributed by atoms with Crippen LogP contribution in [0.5, 0.6) is 0 Å². The van der Waals surface area contributed by atoms with Gasteiger partial charge in [0.2, 0.25) is 11.8 Å². The average Bonchev–Trinajstić information content (AvgIpc) is 3.35. The lowest BCUT2D eigenvalue weighted by Gasteiger charge is -2.23. The third-order valence-corrected chi connectivity index (χ3v) is 8.13. The number of fused-ring (bicyclic) bond motifs is 1. The first-order valence-electron chi connectivity index (χ1n) is 10.5. The largest absolute Gasteiger partial charge is 0.324 e. The predicted molar refractivity (Wildman–Crippen MR) is 130 cm³/mol. The Morgan fingerprint density at radius 2 is 1.97 bits per heavy atom. The van der Waals surface area contributed by atoms with E-state index in [1.807, 2.05) is 45.9 Å². The van der Waals surface area contributed by atoms with Crippen molar-refractivity contribution >= 4 is 50.8 Å². The van der Waals surface area contributed by atoms with Crippen LogP contribution in [0.2, 0.25) is 0 Å². The van der Waals surface area contributed by atoms with Gasteiger partial charge in [0.25, 0.3) is 5.56 Å². The van der Waals surface area contributed by atoms with Gasteiger partial charge in [-0.15, -0.1) is 23.1 Å². The quantitative estimate of drug-likeness (QED) is 0.616. The number of hydrogen-bond acceptors (Lipinski definition) is 6. The summed E-state index contributed by atoms with van der Waals surface area (Å²) in [6, 6.07) is 5.26. The molecule has 168 valence electrons. The highest BCUT2D eigenvalue weighted by Gasteiger charge is 2.34. The number of carbonyl (C=O) groups excluding carboxylic acids is 2. The van der Waals surface area contributed by atoms with Gasteiger partial charge in [-0.05, 0) is 56.5 Å². The molecule has 0 radical (unpaired) electrons. The number of rotatable bonds is 5. The smallest absolute Gasteiger partial charge is 0.262 e. The van der Waals surface area contributed by atoms with Crippen LogP contribution in [-0.4, -0.2) is 43.9 Å². The molecule has 1 atom stereocenters. The van der Waals surface area contributed by atoms with Gasteiger partial charge in [-0.1, -0.05) is 6.07 Å². The van der Waals surface area contributed by atoms with Crippen LogP contribution in [0, 0.1) is 27.7 Å². The van der Waals surface area contributed by atoms with Gasteiger partial charge in [-0.2, -0.15) is 0 Å². The zero-order valence-corrected chi connectivity index (χ0v) is 20.2. The predicted octanol–water partition coefficient (Wildman–Crippen LogP) is 3.62. The molecule has 7 nitrogen and oxygen atoms in total. The monoisotopic (exact) mass is 470 g/mol. The van der Waals surface area contributed by atoms with E-state index >= 15 is 0 Å². The number of aryl methyl sites for hydroxylation is 5. The topological polar surface area (TPSA) is 84.3 Å². The summed E-state index contributed by atoms with van der Waals surface area (Å²) in [5, 5.41) is 3.57. The zero-order chi connectivity index (χ0) is 23.0. The number of carbonyl (C=O) groups is 2. The molecule has 1 aliphatic rings. The van der Waals surface area contributed by atoms with Crippen LogP contribution in [0.1, 0.15) is 28.0 Å². The summed E-state index contributed by atoms with van der Waals surface area (Å²) >= 11 is 3.06. The number of nitrogens with zero attached hydrogens (tertiary/aromatic N) is 3. The molecule has 1 unspecified atom stereocenters. The van der Waals surface area contributed by atoms with Crippen molar-refractivity contribution in [3.05, 3.63) is 56.4 Å². The standard InChI is InChI=1S/C23H26N4O3S2/c1-13-5-6-17(9-14(13)2)25-21(29)18-10-31-12-27(18)19(28)7-8-26-11-24-22-20(23(26)30)15(3)16(4)32-22/h5-6,9,11,18H,7-8,10,12H2,1-4H3,(H,25,29). The lowest BCUT2D eigenvalue weighted by molar-refractivity contribution is -0.136. The molecule has 1 N–H and O–H groups in total. The molecule has 2 amide bonds. The third-order valence-electron chi connectivity index (χ3n) is 6.00. The second kappa shape index (κ2) is 9.07. The highest BCUT2D eigenvalue weighted by atomic mass is 32.2. The van der Waals surface area contributed by atoms with Crippen molar-refractivity contribution in [3.63, 3.8) is 0 Å². The van der Waals surface area contributed by atoms with Crippen LogP contribution >= 0.6 is 23.1 Å². The minimum Gasteiger partial charge on any atom is -0.324 e. The molecule has 2 aromatic heterocycles. The third kappa shape index (κ3) is 4.31. The zero-order valence-electron chi connectivity index (χ0n) is 18.6. The van der Waals surface area contributed by atoms with Gasteiger partial charge in [-0.3, -0.25) is 19.0 Å². The average molecular weight is 471 g/mol. The molecule has 1 aliphatic heterocycles. The number of amides is 2. The molecule has 0 spiro atoms. The van der Waals surface area contributed by atoms with Gasteiger partial charge in [0, 0.05) is 29.3 Å². The summed E-state index contributed by atoms with van der Waals surface area (Å²) in [5.41, 5.74) is 3.82. The van der Waals surface area contributed by atoms with E-state index < -0.39 is 6.04 Å². The summed E-state index contributed by atoms with van der Waals surface area (Å²) in [4.78, 5) is 46.5. The van der Waals surface area contributed by atoms with Crippen molar-refractivity contribution in [2.24, 2.45) is 0 Å². The van der Waals surface area contributed by atoms with Crippen molar-refractivity contribution in [3.8, 4) is 0 Å². The van der Waals surface area contributed by atoms with Crippen molar-refractivity contribution < 1.29 is 9.59 Å². The molecule has 4 rings (SSSR count). The molecule has 0 saturated carbocycles. The van der Waals surface area contributed by atoms with Gasteiger partial charge in [-0.25, -0.2) is 4.98 Å². The van der Waals surface area contributed by atoms with Crippen LogP contribution in [0.4, 0.5) is 5.69 Å². The molecule has 0 bridgehead atoms. The second-order valence-corrected chi connectivity index (χ2v) is 10.3. The van der Waals surface area contributed by atoms with Gasteiger partial charge in [0.1, 0.15) is 10.9 Å². The number of anilines is 1. The van der Waals surface area contributed by atoms with Crippen LogP contribution in [-0.2, 0) is 16.1 Å². The molecular weight excluding hydrogens is 444 g/mol. The highest BCUT2D eigenvalue weighted by Crippen LogP contribution is 2.26. The molecule has 3 heterocycles. The molecule has 1 aromatic carbocycles. The fourth-order valence-electron chi connectivity index (χ4n) is 3.74. The Bertz CT molecular complexity index is 1260. The Balaban J connectivity index is 1.43. The number of thiophene rings is 1. The Labute approximate surface area is 194 Å². The van der Waals surface area contributed by atoms with E-state index in [2.05, 4.69) is 10.3 Å². The molecule has 1 saturated heterocycles. The van der Waals surface area contributed by atoms with Gasteiger partial charge < -0.3 is 10.2 Å². The van der Waals surface area contributed by atoms with Gasteiger partial charge >= 0.3 is 0 Å². The maximum atomic E-state index is 12.9. The Hall–Kier alpha value is -2.65. The Morgan fingerprint density at radius 1 is 1.19 bits per heavy atom. The number of hydrogen-bond donors (Lipinski definition) is 1. The van der Waals surface area contributed by atoms with Gasteiger partial charge in [0.05, 0.1) is 17.6 Å². The van der Waals surface area contributed by atoms with Crippen molar-refractivity contribution in [1.29, 1.82) is 0 Å². The fraction of sp³-hybridized carbons (Fsp3) is 0.391. The minimum atomic E-state index is -0.520. The summed E-state index contributed by atoms with van der Waals surface area (Å²) in [6.45, 7) is 8.16. The van der Waals surface area contributed by atoms with Crippen molar-refractivity contribution in [2.45, 2.75) is 46.7 Å². The minimum absolute atomic E-state index is 0.121.